The van der Waals surface area contributed by atoms with E-state index in [1.165, 1.54) is 193 Å². The highest BCUT2D eigenvalue weighted by molar-refractivity contribution is 5.76. The van der Waals surface area contributed by atoms with E-state index in [-0.39, 0.29) is 12.5 Å². The molecule has 0 aromatic heterocycles. The molecule has 14 nitrogen and oxygen atoms in total. The number of aliphatic hydroxyl groups is 8. The largest absolute Gasteiger partial charge is 0.394 e. The zero-order valence-corrected chi connectivity index (χ0v) is 63.4. The highest BCUT2D eigenvalue weighted by Crippen LogP contribution is 2.30. The zero-order chi connectivity index (χ0) is 72.2. The van der Waals surface area contributed by atoms with Gasteiger partial charge >= 0.3 is 0 Å². The third kappa shape index (κ3) is 50.9. The number of nitrogens with one attached hydrogen (secondary N) is 1. The Morgan fingerprint density at radius 3 is 1.06 bits per heavy atom. The number of hydrogen-bond donors (Lipinski definition) is 9. The molecular formula is C86H151NO13. The van der Waals surface area contributed by atoms with Crippen molar-refractivity contribution in [2.75, 3.05) is 19.8 Å². The van der Waals surface area contributed by atoms with Crippen LogP contribution in [0.5, 0.6) is 0 Å². The number of aliphatic hydroxyl groups excluding tert-OH is 8. The lowest BCUT2D eigenvalue weighted by Gasteiger charge is -2.46. The summed E-state index contributed by atoms with van der Waals surface area (Å²) < 4.78 is 23.0. The number of carbonyl (C=O) groups is 1. The predicted octanol–water partition coefficient (Wildman–Crippen LogP) is 19.0. The first-order valence-corrected chi connectivity index (χ1v) is 41.1. The van der Waals surface area contributed by atoms with Gasteiger partial charge < -0.3 is 65.1 Å². The number of rotatable bonds is 68. The van der Waals surface area contributed by atoms with Crippen molar-refractivity contribution in [3.05, 3.63) is 109 Å². The lowest BCUT2D eigenvalue weighted by Crippen LogP contribution is -2.65. The van der Waals surface area contributed by atoms with Gasteiger partial charge in [-0.3, -0.25) is 4.79 Å². The van der Waals surface area contributed by atoms with Crippen molar-refractivity contribution in [1.29, 1.82) is 0 Å². The molecule has 0 aliphatic carbocycles. The molecule has 0 radical (unpaired) electrons. The lowest BCUT2D eigenvalue weighted by atomic mass is 9.97. The Balaban J connectivity index is 1.62. The normalized spacial score (nSPS) is 22.4. The average molecular weight is 1410 g/mol. The first-order chi connectivity index (χ1) is 49.1. The summed E-state index contributed by atoms with van der Waals surface area (Å²) in [6, 6.07) is -0.842. The Hall–Kier alpha value is -3.35. The minimum atomic E-state index is -1.79. The third-order valence-corrected chi connectivity index (χ3v) is 19.5. The monoisotopic (exact) mass is 1410 g/mol. The second-order valence-corrected chi connectivity index (χ2v) is 28.5. The Morgan fingerprint density at radius 2 is 0.690 bits per heavy atom. The molecule has 12 unspecified atom stereocenters. The van der Waals surface area contributed by atoms with E-state index < -0.39 is 86.8 Å². The molecule has 2 fully saturated rings. The van der Waals surface area contributed by atoms with E-state index in [9.17, 15) is 45.6 Å². The summed E-state index contributed by atoms with van der Waals surface area (Å²) in [5.41, 5.74) is 0. The highest BCUT2D eigenvalue weighted by Gasteiger charge is 2.51. The van der Waals surface area contributed by atoms with Gasteiger partial charge in [-0.25, -0.2) is 0 Å². The van der Waals surface area contributed by atoms with Crippen LogP contribution in [-0.4, -0.2) is 140 Å². The van der Waals surface area contributed by atoms with Gasteiger partial charge in [0.25, 0.3) is 0 Å². The van der Waals surface area contributed by atoms with Crippen molar-refractivity contribution >= 4 is 5.91 Å². The van der Waals surface area contributed by atoms with Crippen molar-refractivity contribution in [3.63, 3.8) is 0 Å². The number of allylic oxidation sites excluding steroid dienone is 18. The molecule has 0 saturated carbocycles. The summed E-state index contributed by atoms with van der Waals surface area (Å²) in [7, 11) is 0. The van der Waals surface area contributed by atoms with E-state index in [1.807, 2.05) is 0 Å². The van der Waals surface area contributed by atoms with Gasteiger partial charge in [0.2, 0.25) is 5.91 Å². The van der Waals surface area contributed by atoms with Crippen LogP contribution in [0.2, 0.25) is 0 Å². The van der Waals surface area contributed by atoms with Gasteiger partial charge in [-0.05, 0) is 83.5 Å². The van der Waals surface area contributed by atoms with E-state index in [0.29, 0.717) is 19.3 Å². The molecule has 2 rings (SSSR count). The highest BCUT2D eigenvalue weighted by atomic mass is 16.7. The fourth-order valence-corrected chi connectivity index (χ4v) is 13.1. The summed E-state index contributed by atoms with van der Waals surface area (Å²) in [6.45, 7) is 2.78. The van der Waals surface area contributed by atoms with E-state index in [1.54, 1.807) is 0 Å². The number of ether oxygens (including phenoxy) is 4. The van der Waals surface area contributed by atoms with Crippen LogP contribution in [-0.2, 0) is 23.7 Å². The Morgan fingerprint density at radius 1 is 0.370 bits per heavy atom. The molecule has 578 valence electrons. The first-order valence-electron chi connectivity index (χ1n) is 41.1. The molecule has 12 atom stereocenters. The average Bonchev–Trinajstić information content (AvgIpc) is 0.791. The maximum absolute atomic E-state index is 13.4. The summed E-state index contributed by atoms with van der Waals surface area (Å²) >= 11 is 0. The quantitative estimate of drug-likeness (QED) is 0.0204. The maximum atomic E-state index is 13.4. The minimum absolute atomic E-state index is 0.213. The van der Waals surface area contributed by atoms with E-state index in [0.717, 1.165) is 109 Å². The summed E-state index contributed by atoms with van der Waals surface area (Å²) in [4.78, 5) is 13.4. The zero-order valence-electron chi connectivity index (χ0n) is 63.4. The van der Waals surface area contributed by atoms with Gasteiger partial charge in [-0.15, -0.1) is 0 Å². The molecule has 0 spiro atoms. The smallest absolute Gasteiger partial charge is 0.220 e. The molecule has 1 amide bonds. The van der Waals surface area contributed by atoms with Gasteiger partial charge in [-0.2, -0.15) is 0 Å². The Labute approximate surface area is 610 Å². The van der Waals surface area contributed by atoms with Gasteiger partial charge in [0.15, 0.2) is 12.6 Å². The molecule has 0 aromatic carbocycles. The number of amides is 1. The Kier molecular flexibility index (Phi) is 63.7. The van der Waals surface area contributed by atoms with Gasteiger partial charge in [0.05, 0.1) is 32.0 Å². The predicted molar refractivity (Wildman–Crippen MR) is 415 cm³/mol. The van der Waals surface area contributed by atoms with Crippen molar-refractivity contribution in [1.82, 2.24) is 5.32 Å². The fourth-order valence-electron chi connectivity index (χ4n) is 13.1. The SMILES string of the molecule is CC/C=C\C/C=C\C/C=C\C/C=C\C/C=C\C/C=C\C/C=C\C/C=C\C/C=C\CCCCCCCCCCCC(=O)NC(COC1OC(CO)C(OC2OC(CO)C(O)C(O)C2O)C(O)C1O)C(O)CCCCCCCCCCCCCCCCCCCCCCCCCCCCCCC. The molecule has 0 aromatic rings. The van der Waals surface area contributed by atoms with Crippen LogP contribution in [0.15, 0.2) is 109 Å². The molecule has 14 heteroatoms. The van der Waals surface area contributed by atoms with Gasteiger partial charge in [0, 0.05) is 6.42 Å². The van der Waals surface area contributed by atoms with Crippen LogP contribution in [0.1, 0.15) is 335 Å². The molecular weight excluding hydrogens is 1250 g/mol. The molecule has 2 saturated heterocycles. The van der Waals surface area contributed by atoms with E-state index in [2.05, 4.69) is 129 Å². The summed E-state index contributed by atoms with van der Waals surface area (Å²) in [5, 5.41) is 87.9. The number of unbranched alkanes of at least 4 members (excludes halogenated alkanes) is 37. The van der Waals surface area contributed by atoms with Gasteiger partial charge in [0.1, 0.15) is 48.8 Å². The second kappa shape index (κ2) is 68.7. The lowest BCUT2D eigenvalue weighted by molar-refractivity contribution is -0.359. The van der Waals surface area contributed by atoms with Gasteiger partial charge in [-0.1, -0.05) is 354 Å². The molecule has 100 heavy (non-hydrogen) atoms. The number of hydrogen-bond acceptors (Lipinski definition) is 13. The fraction of sp³-hybridized carbons (Fsp3) is 0.779. The van der Waals surface area contributed by atoms with Crippen molar-refractivity contribution < 1.29 is 64.6 Å². The van der Waals surface area contributed by atoms with Crippen LogP contribution in [0, 0.1) is 0 Å². The molecule has 9 N–H and O–H groups in total. The minimum Gasteiger partial charge on any atom is -0.394 e. The molecule has 0 bridgehead atoms. The van der Waals surface area contributed by atoms with E-state index in [4.69, 9.17) is 18.9 Å². The Bertz CT molecular complexity index is 2100. The molecule has 2 aliphatic heterocycles. The van der Waals surface area contributed by atoms with Crippen LogP contribution in [0.25, 0.3) is 0 Å². The van der Waals surface area contributed by atoms with Crippen LogP contribution in [0.3, 0.4) is 0 Å². The van der Waals surface area contributed by atoms with Crippen LogP contribution >= 0.6 is 0 Å². The summed E-state index contributed by atoms with van der Waals surface area (Å²) in [6.07, 6.45) is 82.6. The molecule has 2 aliphatic rings. The maximum Gasteiger partial charge on any atom is 0.220 e. The standard InChI is InChI=1S/C86H151NO13/c1-3-5-7-9-11-13-15-17-19-21-23-25-27-29-31-33-34-35-36-37-38-39-40-42-44-46-48-50-52-54-56-58-60-62-64-66-68-70-78(91)87-74(73-97-85-83(96)81(94)84(77(72-89)99-85)100-86-82(95)80(93)79(92)76(71-88)98-86)75(90)69-67-65-63-61-59-57-55-53-51-49-47-45-43-41-32-30-28-26-24-22-20-18-16-14-12-10-8-6-4-2/h5,7,11,13,17,19,23,25,29,31,34-35,37-38,40,42,46,48,74-77,79-86,88-90,92-96H,3-4,6,8-10,12,14-16,18,20-22,24,26-28,30,32-33,36,39,41,43-45,47,49-73H2,1-2H3,(H,87,91)/b7-5-,13-11-,19-17-,25-23-,31-29-,35-34-,38-37-,42-40-,48-46-. The second-order valence-electron chi connectivity index (χ2n) is 28.5. The van der Waals surface area contributed by atoms with Crippen LogP contribution in [0.4, 0.5) is 0 Å². The summed E-state index contributed by atoms with van der Waals surface area (Å²) in [5.74, 6) is -0.213. The van der Waals surface area contributed by atoms with Crippen molar-refractivity contribution in [2.24, 2.45) is 0 Å². The molecule has 2 heterocycles. The first kappa shape index (κ1) is 92.7. The third-order valence-electron chi connectivity index (χ3n) is 19.5. The number of carbonyl (C=O) groups excluding carboxylic acids is 1. The van der Waals surface area contributed by atoms with Crippen LogP contribution < -0.4 is 5.32 Å². The van der Waals surface area contributed by atoms with E-state index >= 15 is 0 Å². The topological polar surface area (TPSA) is 228 Å². The van der Waals surface area contributed by atoms with Crippen molar-refractivity contribution in [2.45, 2.75) is 408 Å². The van der Waals surface area contributed by atoms with Crippen molar-refractivity contribution in [3.8, 4) is 0 Å².